The van der Waals surface area contributed by atoms with Gasteiger partial charge < -0.3 is 10.2 Å². The van der Waals surface area contributed by atoms with Crippen LogP contribution in [-0.2, 0) is 19.1 Å². The summed E-state index contributed by atoms with van der Waals surface area (Å²) in [6.07, 6.45) is 5.16. The Bertz CT molecular complexity index is 1370. The van der Waals surface area contributed by atoms with Crippen LogP contribution in [-0.4, -0.2) is 46.2 Å². The maximum absolute atomic E-state index is 13.9. The lowest BCUT2D eigenvalue weighted by atomic mass is 9.86. The van der Waals surface area contributed by atoms with E-state index in [1.807, 2.05) is 0 Å². The molecule has 1 fully saturated rings. The van der Waals surface area contributed by atoms with E-state index in [1.54, 1.807) is 30.3 Å². The van der Waals surface area contributed by atoms with E-state index in [2.05, 4.69) is 17.1 Å². The normalized spacial score (nSPS) is 20.6. The summed E-state index contributed by atoms with van der Waals surface area (Å²) in [4.78, 5) is 52.0. The van der Waals surface area contributed by atoms with Crippen LogP contribution in [0.2, 0.25) is 0 Å². The minimum absolute atomic E-state index is 0.0409. The first-order valence-corrected chi connectivity index (χ1v) is 15.2. The fraction of sp³-hybridized carbons (Fsp3) is 0.469. The summed E-state index contributed by atoms with van der Waals surface area (Å²) in [5, 5.41) is 12.5. The molecule has 2 aromatic rings. The summed E-state index contributed by atoms with van der Waals surface area (Å²) in [5.74, 6) is -5.00. The number of rotatable bonds is 15. The first-order chi connectivity index (χ1) is 21.5. The highest BCUT2D eigenvalue weighted by atomic mass is 19.4. The molecular weight excluding hydrogens is 593 g/mol. The van der Waals surface area contributed by atoms with Gasteiger partial charge in [-0.25, -0.2) is 9.91 Å². The molecule has 1 saturated heterocycles. The number of amides is 2. The van der Waals surface area contributed by atoms with Crippen LogP contribution in [0.15, 0.2) is 66.7 Å². The summed E-state index contributed by atoms with van der Waals surface area (Å²) >= 11 is 0. The SMILES string of the molecule is CCCCCCCCCC[C@@H](C(=O)OC(F)(F)F)[C@H]1C=CC2C(=O)N(c3ccccc3)C(=O)[C@H]2N1Nc1ccc([N+](=O)[O-])cc1. The van der Waals surface area contributed by atoms with Gasteiger partial charge in [0.05, 0.1) is 28.5 Å². The van der Waals surface area contributed by atoms with E-state index < -0.39 is 53.0 Å². The van der Waals surface area contributed by atoms with Gasteiger partial charge in [0.15, 0.2) is 0 Å². The van der Waals surface area contributed by atoms with Gasteiger partial charge in [0, 0.05) is 17.8 Å². The molecule has 2 heterocycles. The van der Waals surface area contributed by atoms with E-state index in [0.717, 1.165) is 43.4 Å². The number of unbranched alkanes of at least 4 members (excludes halogenated alkanes) is 7. The molecule has 1 unspecified atom stereocenters. The van der Waals surface area contributed by atoms with Crippen molar-refractivity contribution >= 4 is 34.8 Å². The Morgan fingerprint density at radius 3 is 2.16 bits per heavy atom. The molecule has 2 aliphatic rings. The molecule has 0 bridgehead atoms. The quantitative estimate of drug-likeness (QED) is 0.0562. The Morgan fingerprint density at radius 2 is 1.56 bits per heavy atom. The Hall–Kier alpha value is -4.26. The highest BCUT2D eigenvalue weighted by Crippen LogP contribution is 2.38. The van der Waals surface area contributed by atoms with Gasteiger partial charge in [-0.2, -0.15) is 0 Å². The largest absolute Gasteiger partial charge is 0.575 e. The van der Waals surface area contributed by atoms with E-state index >= 15 is 0 Å². The Kier molecular flexibility index (Phi) is 11.3. The van der Waals surface area contributed by atoms with Crippen molar-refractivity contribution in [2.45, 2.75) is 83.2 Å². The smallest absolute Gasteiger partial charge is 0.373 e. The number of hydrogen-bond acceptors (Lipinski definition) is 8. The summed E-state index contributed by atoms with van der Waals surface area (Å²) in [7, 11) is 0. The van der Waals surface area contributed by atoms with E-state index in [9.17, 15) is 37.7 Å². The molecule has 2 amide bonds. The molecule has 0 aliphatic carbocycles. The zero-order valence-electron chi connectivity index (χ0n) is 24.9. The van der Waals surface area contributed by atoms with Gasteiger partial charge in [-0.15, -0.1) is 13.2 Å². The topological polar surface area (TPSA) is 122 Å². The van der Waals surface area contributed by atoms with Crippen molar-refractivity contribution in [3.05, 3.63) is 76.9 Å². The van der Waals surface area contributed by atoms with E-state index in [1.165, 1.54) is 41.4 Å². The van der Waals surface area contributed by atoms with Gasteiger partial charge in [0.2, 0.25) is 5.91 Å². The van der Waals surface area contributed by atoms with Gasteiger partial charge in [-0.3, -0.25) is 24.5 Å². The third-order valence-corrected chi connectivity index (χ3v) is 8.11. The van der Waals surface area contributed by atoms with Crippen molar-refractivity contribution in [2.75, 3.05) is 10.3 Å². The molecule has 0 spiro atoms. The number of anilines is 2. The second kappa shape index (κ2) is 15.2. The highest BCUT2D eigenvalue weighted by molar-refractivity contribution is 6.24. The fourth-order valence-electron chi connectivity index (χ4n) is 5.90. The number of nitro groups is 1. The molecular formula is C32H37F3N4O6. The number of carbonyl (C=O) groups is 3. The first kappa shape index (κ1) is 33.6. The van der Waals surface area contributed by atoms with Crippen molar-refractivity contribution in [1.29, 1.82) is 0 Å². The number of nitrogens with zero attached hydrogens (tertiary/aromatic N) is 3. The number of esters is 1. The number of benzene rings is 2. The van der Waals surface area contributed by atoms with Crippen LogP contribution < -0.4 is 10.3 Å². The molecule has 0 saturated carbocycles. The van der Waals surface area contributed by atoms with E-state index in [0.29, 0.717) is 18.5 Å². The molecule has 1 N–H and O–H groups in total. The lowest BCUT2D eigenvalue weighted by molar-refractivity contribution is -0.384. The average molecular weight is 631 g/mol. The predicted molar refractivity (Wildman–Crippen MR) is 161 cm³/mol. The fourth-order valence-corrected chi connectivity index (χ4v) is 5.90. The molecule has 2 aliphatic heterocycles. The van der Waals surface area contributed by atoms with Gasteiger partial charge in [0.1, 0.15) is 6.04 Å². The number of non-ortho nitro benzene ring substituents is 1. The Morgan fingerprint density at radius 1 is 0.933 bits per heavy atom. The number of nitro benzene ring substituents is 1. The molecule has 45 heavy (non-hydrogen) atoms. The highest BCUT2D eigenvalue weighted by Gasteiger charge is 2.55. The minimum Gasteiger partial charge on any atom is -0.373 e. The lowest BCUT2D eigenvalue weighted by Gasteiger charge is -2.41. The zero-order valence-corrected chi connectivity index (χ0v) is 24.9. The van der Waals surface area contributed by atoms with Crippen LogP contribution in [0, 0.1) is 22.0 Å². The van der Waals surface area contributed by atoms with E-state index in [-0.39, 0.29) is 17.8 Å². The van der Waals surface area contributed by atoms with Gasteiger partial charge in [-0.1, -0.05) is 88.6 Å². The number of halogens is 3. The number of alkyl halides is 3. The molecule has 13 heteroatoms. The molecule has 242 valence electrons. The second-order valence-electron chi connectivity index (χ2n) is 11.3. The number of fused-ring (bicyclic) bond motifs is 1. The van der Waals surface area contributed by atoms with Crippen molar-refractivity contribution in [1.82, 2.24) is 5.01 Å². The van der Waals surface area contributed by atoms with Crippen LogP contribution in [0.5, 0.6) is 0 Å². The zero-order chi connectivity index (χ0) is 32.6. The Balaban J connectivity index is 1.64. The number of hydrogen-bond donors (Lipinski definition) is 1. The van der Waals surface area contributed by atoms with E-state index in [4.69, 9.17) is 0 Å². The number of nitrogens with one attached hydrogen (secondary N) is 1. The maximum Gasteiger partial charge on any atom is 0.575 e. The molecule has 2 aromatic carbocycles. The number of ether oxygens (including phenoxy) is 1. The standard InChI is InChI=1S/C32H37F3N4O6/c1-2-3-4-5-6-7-8-12-15-25(31(42)45-32(33,34)35)27-21-20-26-28(30(41)37(29(26)40)23-13-10-9-11-14-23)38(27)36-22-16-18-24(19-17-22)39(43)44/h9-11,13-14,16-21,25-28,36H,2-8,12,15H2,1H3/t25-,26?,27-,28+/m1/s1. The number of hydrazine groups is 1. The molecule has 10 nitrogen and oxygen atoms in total. The Labute approximate surface area is 259 Å². The van der Waals surface area contributed by atoms with Gasteiger partial charge in [0.25, 0.3) is 11.6 Å². The predicted octanol–water partition coefficient (Wildman–Crippen LogP) is 6.93. The third-order valence-electron chi connectivity index (χ3n) is 8.11. The van der Waals surface area contributed by atoms with Crippen LogP contribution in [0.1, 0.15) is 64.7 Å². The lowest BCUT2D eigenvalue weighted by Crippen LogP contribution is -2.57. The van der Waals surface area contributed by atoms with Crippen LogP contribution in [0.3, 0.4) is 0 Å². The van der Waals surface area contributed by atoms with Gasteiger partial charge >= 0.3 is 12.3 Å². The van der Waals surface area contributed by atoms with Crippen LogP contribution >= 0.6 is 0 Å². The molecule has 0 radical (unpaired) electrons. The summed E-state index contributed by atoms with van der Waals surface area (Å²) in [5.41, 5.74) is 3.39. The average Bonchev–Trinajstić information content (AvgIpc) is 3.26. The van der Waals surface area contributed by atoms with Crippen molar-refractivity contribution in [3.63, 3.8) is 0 Å². The maximum atomic E-state index is 13.9. The number of carbonyl (C=O) groups excluding carboxylic acids is 3. The molecule has 4 atom stereocenters. The van der Waals surface area contributed by atoms with Crippen molar-refractivity contribution < 1.29 is 37.2 Å². The third kappa shape index (κ3) is 8.47. The van der Waals surface area contributed by atoms with Crippen LogP contribution in [0.25, 0.3) is 0 Å². The summed E-state index contributed by atoms with van der Waals surface area (Å²) < 4.78 is 43.8. The van der Waals surface area contributed by atoms with Crippen molar-refractivity contribution in [3.8, 4) is 0 Å². The monoisotopic (exact) mass is 630 g/mol. The minimum atomic E-state index is -5.21. The number of para-hydroxylation sites is 1. The first-order valence-electron chi connectivity index (χ1n) is 15.2. The van der Waals surface area contributed by atoms with Crippen molar-refractivity contribution in [2.24, 2.45) is 11.8 Å². The van der Waals surface area contributed by atoms with Gasteiger partial charge in [-0.05, 0) is 30.7 Å². The molecule has 4 rings (SSSR count). The molecule has 0 aromatic heterocycles. The number of imide groups is 1. The summed E-state index contributed by atoms with van der Waals surface area (Å²) in [6, 6.07) is 11.1. The second-order valence-corrected chi connectivity index (χ2v) is 11.3. The van der Waals surface area contributed by atoms with Crippen LogP contribution in [0.4, 0.5) is 30.2 Å². The summed E-state index contributed by atoms with van der Waals surface area (Å²) in [6.45, 7) is 2.12.